The average Bonchev–Trinajstić information content (AvgIpc) is 2.70. The van der Waals surface area contributed by atoms with E-state index in [0.717, 1.165) is 16.5 Å². The number of halogens is 4. The van der Waals surface area contributed by atoms with Crippen LogP contribution in [-0.2, 0) is 16.6 Å². The summed E-state index contributed by atoms with van der Waals surface area (Å²) in [4.78, 5) is 8.47. The molecule has 1 fully saturated rings. The first kappa shape index (κ1) is 24.6. The molecule has 166 valence electrons. The molecule has 1 aliphatic rings. The Hall–Kier alpha value is -1.67. The Morgan fingerprint density at radius 1 is 1.23 bits per heavy atom. The van der Waals surface area contributed by atoms with Crippen molar-refractivity contribution < 1.29 is 21.6 Å². The quantitative estimate of drug-likeness (QED) is 0.343. The molecule has 0 aliphatic carbocycles. The molecule has 1 saturated heterocycles. The minimum absolute atomic E-state index is 0. The highest BCUT2D eigenvalue weighted by atomic mass is 127. The lowest BCUT2D eigenvalue weighted by Crippen LogP contribution is -2.51. The van der Waals surface area contributed by atoms with Crippen LogP contribution in [0.3, 0.4) is 0 Å². The number of guanidine groups is 1. The van der Waals surface area contributed by atoms with Crippen LogP contribution in [0.5, 0.6) is 0 Å². The number of nitrogens with zero attached hydrogens (tertiary/aromatic N) is 3. The van der Waals surface area contributed by atoms with E-state index in [1.54, 1.807) is 13.2 Å². The molecule has 1 aliphatic heterocycles. The van der Waals surface area contributed by atoms with Crippen molar-refractivity contribution in [2.24, 2.45) is 4.99 Å². The van der Waals surface area contributed by atoms with Crippen molar-refractivity contribution in [2.45, 2.75) is 30.9 Å². The summed E-state index contributed by atoms with van der Waals surface area (Å²) in [5.41, 5.74) is -3.35. The lowest BCUT2D eigenvalue weighted by molar-refractivity contribution is -0.0494. The second-order valence-corrected chi connectivity index (χ2v) is 8.61. The van der Waals surface area contributed by atoms with Gasteiger partial charge in [0.1, 0.15) is 0 Å². The molecule has 0 spiro atoms. The maximum absolute atomic E-state index is 12.7. The van der Waals surface area contributed by atoms with E-state index in [-0.39, 0.29) is 55.9 Å². The van der Waals surface area contributed by atoms with E-state index < -0.39 is 15.5 Å². The largest absolute Gasteiger partial charge is 0.511 e. The van der Waals surface area contributed by atoms with Gasteiger partial charge >= 0.3 is 15.5 Å². The molecule has 2 aromatic rings. The Labute approximate surface area is 190 Å². The van der Waals surface area contributed by atoms with Crippen LogP contribution in [0.15, 0.2) is 41.5 Å². The summed E-state index contributed by atoms with van der Waals surface area (Å²) in [6.45, 7) is 0.112. The number of piperidine rings is 1. The third-order valence-electron chi connectivity index (χ3n) is 4.84. The van der Waals surface area contributed by atoms with Crippen molar-refractivity contribution in [3.63, 3.8) is 0 Å². The number of hydrogen-bond donors (Lipinski definition) is 2. The molecule has 0 radical (unpaired) electrons. The van der Waals surface area contributed by atoms with E-state index in [2.05, 4.69) is 20.6 Å². The van der Waals surface area contributed by atoms with Crippen LogP contribution in [0.2, 0.25) is 0 Å². The highest BCUT2D eigenvalue weighted by Crippen LogP contribution is 2.29. The third kappa shape index (κ3) is 5.52. The number of para-hydroxylation sites is 1. The van der Waals surface area contributed by atoms with Crippen LogP contribution in [0, 0.1) is 0 Å². The highest BCUT2D eigenvalue weighted by molar-refractivity contribution is 14.0. The molecule has 7 nitrogen and oxygen atoms in total. The number of fused-ring (bicyclic) bond motifs is 1. The molecule has 0 bridgehead atoms. The van der Waals surface area contributed by atoms with E-state index >= 15 is 0 Å². The fourth-order valence-corrected chi connectivity index (χ4v) is 4.25. The van der Waals surface area contributed by atoms with E-state index in [0.29, 0.717) is 16.8 Å². The average molecular weight is 557 g/mol. The van der Waals surface area contributed by atoms with Crippen LogP contribution in [-0.4, -0.2) is 55.4 Å². The lowest BCUT2D eigenvalue weighted by Gasteiger charge is -2.32. The number of nitrogens with one attached hydrogen (secondary N) is 2. The molecule has 2 N–H and O–H groups in total. The molecular formula is C18H23F3IN5O2S. The van der Waals surface area contributed by atoms with Crippen LogP contribution >= 0.6 is 24.0 Å². The first-order valence-electron chi connectivity index (χ1n) is 9.08. The lowest BCUT2D eigenvalue weighted by atomic mass is 10.1. The second-order valence-electron chi connectivity index (χ2n) is 6.68. The molecule has 12 heteroatoms. The molecule has 2 heterocycles. The van der Waals surface area contributed by atoms with E-state index in [1.165, 1.54) is 0 Å². The molecular weight excluding hydrogens is 534 g/mol. The van der Waals surface area contributed by atoms with Crippen molar-refractivity contribution in [3.8, 4) is 0 Å². The Morgan fingerprint density at radius 3 is 2.53 bits per heavy atom. The minimum Gasteiger partial charge on any atom is -0.354 e. The normalized spacial score (nSPS) is 16.9. The van der Waals surface area contributed by atoms with Crippen molar-refractivity contribution >= 4 is 50.9 Å². The Morgan fingerprint density at radius 2 is 1.90 bits per heavy atom. The van der Waals surface area contributed by atoms with Crippen molar-refractivity contribution in [3.05, 3.63) is 42.1 Å². The predicted molar refractivity (Wildman–Crippen MR) is 120 cm³/mol. The van der Waals surface area contributed by atoms with Crippen LogP contribution in [0.4, 0.5) is 13.2 Å². The maximum Gasteiger partial charge on any atom is 0.511 e. The molecule has 1 aromatic heterocycles. The molecule has 0 unspecified atom stereocenters. The SMILES string of the molecule is CN=C(NCc1ccnc2ccccc12)NC1CCN(S(=O)(=O)C(F)(F)F)CC1.I. The monoisotopic (exact) mass is 557 g/mol. The summed E-state index contributed by atoms with van der Waals surface area (Å²) < 4.78 is 61.5. The number of aromatic nitrogens is 1. The summed E-state index contributed by atoms with van der Waals surface area (Å²) in [6, 6.07) is 9.49. The van der Waals surface area contributed by atoms with Gasteiger partial charge in [0.2, 0.25) is 0 Å². The fourth-order valence-electron chi connectivity index (χ4n) is 3.26. The van der Waals surface area contributed by atoms with Gasteiger partial charge < -0.3 is 10.6 Å². The van der Waals surface area contributed by atoms with Crippen molar-refractivity contribution in [2.75, 3.05) is 20.1 Å². The van der Waals surface area contributed by atoms with Gasteiger partial charge in [-0.25, -0.2) is 8.42 Å². The Kier molecular flexibility index (Phi) is 8.27. The minimum atomic E-state index is -5.27. The van der Waals surface area contributed by atoms with E-state index in [9.17, 15) is 21.6 Å². The first-order chi connectivity index (χ1) is 13.7. The summed E-state index contributed by atoms with van der Waals surface area (Å²) in [7, 11) is -3.67. The van der Waals surface area contributed by atoms with Crippen molar-refractivity contribution in [1.29, 1.82) is 0 Å². The van der Waals surface area contributed by atoms with Gasteiger partial charge in [-0.05, 0) is 30.5 Å². The van der Waals surface area contributed by atoms with Crippen molar-refractivity contribution in [1.82, 2.24) is 19.9 Å². The molecule has 3 rings (SSSR count). The van der Waals surface area contributed by atoms with Gasteiger partial charge in [0.05, 0.1) is 5.52 Å². The molecule has 0 amide bonds. The number of sulfonamides is 1. The zero-order valence-electron chi connectivity index (χ0n) is 16.2. The number of benzene rings is 1. The maximum atomic E-state index is 12.7. The number of rotatable bonds is 4. The summed E-state index contributed by atoms with van der Waals surface area (Å²) in [6.07, 6.45) is 2.24. The smallest absolute Gasteiger partial charge is 0.354 e. The van der Waals surface area contributed by atoms with Crippen LogP contribution in [0.1, 0.15) is 18.4 Å². The second kappa shape index (κ2) is 10.1. The fraction of sp³-hybridized carbons (Fsp3) is 0.444. The van der Waals surface area contributed by atoms with Gasteiger partial charge in [0.15, 0.2) is 5.96 Å². The van der Waals surface area contributed by atoms with Gasteiger partial charge in [-0.1, -0.05) is 18.2 Å². The Bertz CT molecular complexity index is 987. The Balaban J connectivity index is 0.00000320. The number of hydrogen-bond acceptors (Lipinski definition) is 4. The highest BCUT2D eigenvalue weighted by Gasteiger charge is 2.50. The van der Waals surface area contributed by atoms with E-state index in [1.807, 2.05) is 30.3 Å². The predicted octanol–water partition coefficient (Wildman–Crippen LogP) is 2.83. The standard InChI is InChI=1S/C18H22F3N5O2S.HI/c1-22-17(24-12-13-6-9-23-16-5-3-2-4-15(13)16)25-14-7-10-26(11-8-14)29(27,28)18(19,20)21;/h2-6,9,14H,7-8,10-12H2,1H3,(H2,22,24,25);1H. The van der Waals surface area contributed by atoms with Gasteiger partial charge in [0.25, 0.3) is 0 Å². The zero-order chi connectivity index (χ0) is 21.1. The van der Waals surface area contributed by atoms with Gasteiger partial charge in [-0.15, -0.1) is 24.0 Å². The number of aliphatic imine (C=N–C) groups is 1. The summed E-state index contributed by atoms with van der Waals surface area (Å²) in [5, 5.41) is 7.36. The van der Waals surface area contributed by atoms with Crippen LogP contribution in [0.25, 0.3) is 10.9 Å². The topological polar surface area (TPSA) is 86.7 Å². The summed E-state index contributed by atoms with van der Waals surface area (Å²) >= 11 is 0. The van der Waals surface area contributed by atoms with Gasteiger partial charge in [-0.2, -0.15) is 17.5 Å². The van der Waals surface area contributed by atoms with Crippen LogP contribution < -0.4 is 10.6 Å². The number of alkyl halides is 3. The zero-order valence-corrected chi connectivity index (χ0v) is 19.3. The molecule has 0 saturated carbocycles. The van der Waals surface area contributed by atoms with Gasteiger partial charge in [0, 0.05) is 44.3 Å². The van der Waals surface area contributed by atoms with E-state index in [4.69, 9.17) is 0 Å². The molecule has 0 atom stereocenters. The summed E-state index contributed by atoms with van der Waals surface area (Å²) in [5.74, 6) is 0.503. The van der Waals surface area contributed by atoms with Gasteiger partial charge in [-0.3, -0.25) is 9.98 Å². The molecule has 1 aromatic carbocycles. The first-order valence-corrected chi connectivity index (χ1v) is 10.5. The number of pyridine rings is 1. The third-order valence-corrected chi connectivity index (χ3v) is 6.47. The molecule has 30 heavy (non-hydrogen) atoms.